The van der Waals surface area contributed by atoms with Crippen LogP contribution < -0.4 is 0 Å². The zero-order valence-corrected chi connectivity index (χ0v) is 9.95. The molecule has 0 atom stereocenters. The molecular formula is C13H22N2. The highest BCUT2D eigenvalue weighted by atomic mass is 15.3. The van der Waals surface area contributed by atoms with Crippen LogP contribution in [0.15, 0.2) is 12.4 Å². The van der Waals surface area contributed by atoms with Gasteiger partial charge in [0.15, 0.2) is 0 Å². The van der Waals surface area contributed by atoms with Crippen LogP contribution in [0.4, 0.5) is 0 Å². The highest BCUT2D eigenvalue weighted by Crippen LogP contribution is 2.25. The van der Waals surface area contributed by atoms with E-state index in [1.54, 1.807) is 0 Å². The number of aromatic nitrogens is 2. The average molecular weight is 206 g/mol. The maximum atomic E-state index is 4.45. The molecule has 1 fully saturated rings. The molecule has 0 saturated heterocycles. The van der Waals surface area contributed by atoms with Gasteiger partial charge >= 0.3 is 0 Å². The van der Waals surface area contributed by atoms with Crippen LogP contribution in [0.1, 0.15) is 57.4 Å². The molecule has 0 aromatic carbocycles. The molecule has 2 rings (SSSR count). The normalized spacial score (nSPS) is 18.6. The van der Waals surface area contributed by atoms with Crippen molar-refractivity contribution in [2.75, 3.05) is 0 Å². The summed E-state index contributed by atoms with van der Waals surface area (Å²) in [4.78, 5) is 0. The minimum Gasteiger partial charge on any atom is -0.272 e. The van der Waals surface area contributed by atoms with Crippen molar-refractivity contribution in [1.82, 2.24) is 9.78 Å². The number of rotatable bonds is 3. The van der Waals surface area contributed by atoms with Gasteiger partial charge in [0.2, 0.25) is 0 Å². The van der Waals surface area contributed by atoms with E-state index in [9.17, 15) is 0 Å². The lowest BCUT2D eigenvalue weighted by Gasteiger charge is -2.21. The Balaban J connectivity index is 1.91. The van der Waals surface area contributed by atoms with Crippen LogP contribution in [0.5, 0.6) is 0 Å². The highest BCUT2D eigenvalue weighted by molar-refractivity contribution is 5.08. The maximum Gasteiger partial charge on any atom is 0.0524 e. The van der Waals surface area contributed by atoms with E-state index < -0.39 is 0 Å². The molecule has 1 heterocycles. The van der Waals surface area contributed by atoms with E-state index in [-0.39, 0.29) is 0 Å². The topological polar surface area (TPSA) is 17.8 Å². The lowest BCUT2D eigenvalue weighted by Crippen LogP contribution is -2.14. The third-order valence-electron chi connectivity index (χ3n) is 3.49. The first-order valence-electron chi connectivity index (χ1n) is 6.28. The second kappa shape index (κ2) is 4.82. The second-order valence-corrected chi connectivity index (χ2v) is 5.15. The molecule has 2 heteroatoms. The van der Waals surface area contributed by atoms with E-state index in [4.69, 9.17) is 0 Å². The summed E-state index contributed by atoms with van der Waals surface area (Å²) in [5.74, 6) is 1.48. The molecule has 1 aliphatic rings. The Kier molecular flexibility index (Phi) is 3.45. The monoisotopic (exact) mass is 206 g/mol. The zero-order chi connectivity index (χ0) is 10.7. The largest absolute Gasteiger partial charge is 0.272 e. The Morgan fingerprint density at radius 2 is 2.07 bits per heavy atom. The van der Waals surface area contributed by atoms with E-state index >= 15 is 0 Å². The van der Waals surface area contributed by atoms with Crippen molar-refractivity contribution in [3.63, 3.8) is 0 Å². The van der Waals surface area contributed by atoms with Crippen LogP contribution >= 0.6 is 0 Å². The molecule has 0 amide bonds. The fourth-order valence-electron chi connectivity index (χ4n) is 2.41. The molecule has 1 aliphatic carbocycles. The SMILES string of the molecule is CC(C)c1cnn(CC2CCCCC2)c1. The van der Waals surface area contributed by atoms with E-state index in [0.717, 1.165) is 12.5 Å². The molecule has 1 aromatic heterocycles. The molecule has 0 unspecified atom stereocenters. The summed E-state index contributed by atoms with van der Waals surface area (Å²) in [7, 11) is 0. The van der Waals surface area contributed by atoms with Gasteiger partial charge in [-0.3, -0.25) is 4.68 Å². The molecule has 84 valence electrons. The van der Waals surface area contributed by atoms with Crippen LogP contribution in [0.3, 0.4) is 0 Å². The van der Waals surface area contributed by atoms with Gasteiger partial charge in [0.05, 0.1) is 6.20 Å². The van der Waals surface area contributed by atoms with E-state index in [1.807, 2.05) is 6.20 Å². The molecule has 0 bridgehead atoms. The van der Waals surface area contributed by atoms with Gasteiger partial charge in [0, 0.05) is 12.7 Å². The second-order valence-electron chi connectivity index (χ2n) is 5.15. The summed E-state index contributed by atoms with van der Waals surface area (Å²) in [6, 6.07) is 0. The fraction of sp³-hybridized carbons (Fsp3) is 0.769. The first-order chi connectivity index (χ1) is 7.25. The number of hydrogen-bond donors (Lipinski definition) is 0. The molecule has 1 aromatic rings. The Morgan fingerprint density at radius 1 is 1.33 bits per heavy atom. The first-order valence-corrected chi connectivity index (χ1v) is 6.28. The van der Waals surface area contributed by atoms with Crippen LogP contribution in [-0.4, -0.2) is 9.78 Å². The summed E-state index contributed by atoms with van der Waals surface area (Å²) >= 11 is 0. The molecule has 1 saturated carbocycles. The number of nitrogens with zero attached hydrogens (tertiary/aromatic N) is 2. The molecule has 0 radical (unpaired) electrons. The molecule has 0 spiro atoms. The predicted octanol–water partition coefficient (Wildman–Crippen LogP) is 3.59. The van der Waals surface area contributed by atoms with Gasteiger partial charge in [-0.2, -0.15) is 5.10 Å². The zero-order valence-electron chi connectivity index (χ0n) is 9.95. The fourth-order valence-corrected chi connectivity index (χ4v) is 2.41. The minimum atomic E-state index is 0.602. The van der Waals surface area contributed by atoms with Crippen LogP contribution in [0, 0.1) is 5.92 Å². The van der Waals surface area contributed by atoms with Crippen molar-refractivity contribution in [2.45, 2.75) is 58.4 Å². The van der Waals surface area contributed by atoms with Crippen molar-refractivity contribution in [3.8, 4) is 0 Å². The minimum absolute atomic E-state index is 0.602. The summed E-state index contributed by atoms with van der Waals surface area (Å²) in [6.07, 6.45) is 11.3. The van der Waals surface area contributed by atoms with Gasteiger partial charge in [0.1, 0.15) is 0 Å². The van der Waals surface area contributed by atoms with Crippen molar-refractivity contribution in [2.24, 2.45) is 5.92 Å². The van der Waals surface area contributed by atoms with Gasteiger partial charge in [-0.15, -0.1) is 0 Å². The Hall–Kier alpha value is -0.790. The summed E-state index contributed by atoms with van der Waals surface area (Å²) < 4.78 is 2.14. The summed E-state index contributed by atoms with van der Waals surface area (Å²) in [5, 5.41) is 4.45. The van der Waals surface area contributed by atoms with Crippen molar-refractivity contribution in [1.29, 1.82) is 0 Å². The molecule has 0 aliphatic heterocycles. The van der Waals surface area contributed by atoms with E-state index in [0.29, 0.717) is 5.92 Å². The quantitative estimate of drug-likeness (QED) is 0.739. The Bertz CT molecular complexity index is 295. The number of hydrogen-bond acceptors (Lipinski definition) is 1. The Labute approximate surface area is 92.7 Å². The highest BCUT2D eigenvalue weighted by Gasteiger charge is 2.14. The Morgan fingerprint density at radius 3 is 2.67 bits per heavy atom. The van der Waals surface area contributed by atoms with E-state index in [2.05, 4.69) is 29.8 Å². The smallest absolute Gasteiger partial charge is 0.0524 e. The third kappa shape index (κ3) is 2.83. The van der Waals surface area contributed by atoms with Crippen LogP contribution in [-0.2, 0) is 6.54 Å². The van der Waals surface area contributed by atoms with Gasteiger partial charge in [-0.25, -0.2) is 0 Å². The summed E-state index contributed by atoms with van der Waals surface area (Å²) in [5.41, 5.74) is 1.37. The van der Waals surface area contributed by atoms with Crippen LogP contribution in [0.2, 0.25) is 0 Å². The van der Waals surface area contributed by atoms with Crippen molar-refractivity contribution in [3.05, 3.63) is 18.0 Å². The first kappa shape index (κ1) is 10.7. The van der Waals surface area contributed by atoms with Crippen molar-refractivity contribution >= 4 is 0 Å². The van der Waals surface area contributed by atoms with Gasteiger partial charge in [-0.05, 0) is 30.2 Å². The van der Waals surface area contributed by atoms with Gasteiger partial charge in [0.25, 0.3) is 0 Å². The molecular weight excluding hydrogens is 184 g/mol. The molecule has 2 nitrogen and oxygen atoms in total. The molecule has 0 N–H and O–H groups in total. The third-order valence-corrected chi connectivity index (χ3v) is 3.49. The molecule has 15 heavy (non-hydrogen) atoms. The van der Waals surface area contributed by atoms with Gasteiger partial charge in [-0.1, -0.05) is 33.1 Å². The van der Waals surface area contributed by atoms with Gasteiger partial charge < -0.3 is 0 Å². The lowest BCUT2D eigenvalue weighted by molar-refractivity contribution is 0.308. The standard InChI is InChI=1S/C13H22N2/c1-11(2)13-8-14-15(10-13)9-12-6-4-3-5-7-12/h8,10-12H,3-7,9H2,1-2H3. The van der Waals surface area contributed by atoms with Crippen LogP contribution in [0.25, 0.3) is 0 Å². The van der Waals surface area contributed by atoms with E-state index in [1.165, 1.54) is 37.7 Å². The summed E-state index contributed by atoms with van der Waals surface area (Å²) in [6.45, 7) is 5.58. The average Bonchev–Trinajstić information content (AvgIpc) is 2.68. The van der Waals surface area contributed by atoms with Crippen molar-refractivity contribution < 1.29 is 0 Å². The maximum absolute atomic E-state index is 4.45. The predicted molar refractivity (Wildman–Crippen MR) is 62.9 cm³/mol. The lowest BCUT2D eigenvalue weighted by atomic mass is 9.89.